The van der Waals surface area contributed by atoms with Gasteiger partial charge in [0, 0.05) is 25.7 Å². The lowest BCUT2D eigenvalue weighted by molar-refractivity contribution is 0.0258. The highest BCUT2D eigenvalue weighted by molar-refractivity contribution is 6.29. The standard InChI is InChI=1S/C16H23ClN4O2/c1-16(2,3)23-15(22)21-8-11-12(9-21)14(11)20(4)7-10-5-6-13(17)19-18-10/h5-6,11-12,14H,7-9H2,1-4H3/t11-,12+,14?. The molecule has 7 heteroatoms. The molecular formula is C16H23ClN4O2. The molecule has 1 amide bonds. The summed E-state index contributed by atoms with van der Waals surface area (Å²) in [6.45, 7) is 7.98. The van der Waals surface area contributed by atoms with E-state index >= 15 is 0 Å². The van der Waals surface area contributed by atoms with E-state index in [-0.39, 0.29) is 6.09 Å². The van der Waals surface area contributed by atoms with Crippen molar-refractivity contribution < 1.29 is 9.53 Å². The van der Waals surface area contributed by atoms with Crippen molar-refractivity contribution in [2.75, 3.05) is 20.1 Å². The molecule has 2 fully saturated rings. The molecule has 2 aliphatic rings. The van der Waals surface area contributed by atoms with Gasteiger partial charge < -0.3 is 9.64 Å². The topological polar surface area (TPSA) is 58.6 Å². The first kappa shape index (κ1) is 16.5. The van der Waals surface area contributed by atoms with Crippen LogP contribution in [0.3, 0.4) is 0 Å². The normalized spacial score (nSPS) is 26.3. The molecule has 0 N–H and O–H groups in total. The Balaban J connectivity index is 1.49. The van der Waals surface area contributed by atoms with Gasteiger partial charge in [-0.1, -0.05) is 11.6 Å². The van der Waals surface area contributed by atoms with Crippen LogP contribution in [0.4, 0.5) is 4.79 Å². The van der Waals surface area contributed by atoms with E-state index < -0.39 is 5.60 Å². The maximum atomic E-state index is 12.1. The first-order valence-electron chi connectivity index (χ1n) is 7.91. The van der Waals surface area contributed by atoms with Gasteiger partial charge in [-0.05, 0) is 51.8 Å². The maximum Gasteiger partial charge on any atom is 0.410 e. The van der Waals surface area contributed by atoms with Gasteiger partial charge in [0.15, 0.2) is 5.15 Å². The number of amides is 1. The van der Waals surface area contributed by atoms with Gasteiger partial charge in [-0.3, -0.25) is 4.90 Å². The summed E-state index contributed by atoms with van der Waals surface area (Å²) in [5, 5.41) is 8.38. The predicted molar refractivity (Wildman–Crippen MR) is 87.1 cm³/mol. The maximum absolute atomic E-state index is 12.1. The molecule has 0 spiro atoms. The molecule has 3 rings (SSSR count). The number of ether oxygens (including phenoxy) is 1. The van der Waals surface area contributed by atoms with E-state index in [1.807, 2.05) is 31.7 Å². The molecule has 1 unspecified atom stereocenters. The van der Waals surface area contributed by atoms with Crippen LogP contribution in [0.2, 0.25) is 5.15 Å². The number of carbonyl (C=O) groups is 1. The average Bonchev–Trinajstić information content (AvgIpc) is 2.94. The molecule has 0 radical (unpaired) electrons. The quantitative estimate of drug-likeness (QED) is 0.847. The molecule has 1 aliphatic heterocycles. The van der Waals surface area contributed by atoms with Crippen LogP contribution in [0.1, 0.15) is 26.5 Å². The summed E-state index contributed by atoms with van der Waals surface area (Å²) in [7, 11) is 2.09. The Hall–Kier alpha value is -1.40. The van der Waals surface area contributed by atoms with Crippen LogP contribution < -0.4 is 0 Å². The molecule has 1 aliphatic carbocycles. The lowest BCUT2D eigenvalue weighted by atomic mass is 10.2. The van der Waals surface area contributed by atoms with E-state index in [0.29, 0.717) is 23.0 Å². The number of nitrogens with zero attached hydrogens (tertiary/aromatic N) is 4. The summed E-state index contributed by atoms with van der Waals surface area (Å²) in [6, 6.07) is 4.17. The van der Waals surface area contributed by atoms with E-state index in [2.05, 4.69) is 22.1 Å². The number of fused-ring (bicyclic) bond motifs is 1. The Bertz CT molecular complexity index is 575. The Morgan fingerprint density at radius 1 is 1.35 bits per heavy atom. The summed E-state index contributed by atoms with van der Waals surface area (Å²) in [4.78, 5) is 16.2. The SMILES string of the molecule is CN(Cc1ccc(Cl)nn1)C1[C@H]2CN(C(=O)OC(C)(C)C)C[C@@H]12. The van der Waals surface area contributed by atoms with Crippen LogP contribution in [-0.2, 0) is 11.3 Å². The largest absolute Gasteiger partial charge is 0.444 e. The van der Waals surface area contributed by atoms with Crippen LogP contribution >= 0.6 is 11.6 Å². The summed E-state index contributed by atoms with van der Waals surface area (Å²) in [5.74, 6) is 1.07. The third-order valence-electron chi connectivity index (χ3n) is 4.41. The molecule has 2 heterocycles. The molecule has 1 aromatic heterocycles. The van der Waals surface area contributed by atoms with Crippen LogP contribution in [0, 0.1) is 11.8 Å². The fourth-order valence-electron chi connectivity index (χ4n) is 3.41. The summed E-state index contributed by atoms with van der Waals surface area (Å²) < 4.78 is 5.44. The van der Waals surface area contributed by atoms with E-state index in [9.17, 15) is 4.79 Å². The molecule has 126 valence electrons. The number of hydrogen-bond donors (Lipinski definition) is 0. The van der Waals surface area contributed by atoms with Crippen molar-refractivity contribution in [1.82, 2.24) is 20.0 Å². The lowest BCUT2D eigenvalue weighted by Gasteiger charge is -2.27. The van der Waals surface area contributed by atoms with Crippen LogP contribution in [0.5, 0.6) is 0 Å². The van der Waals surface area contributed by atoms with Gasteiger partial charge in [-0.25, -0.2) is 4.79 Å². The molecule has 3 atom stereocenters. The van der Waals surface area contributed by atoms with Crippen molar-refractivity contribution in [3.05, 3.63) is 23.0 Å². The van der Waals surface area contributed by atoms with Crippen LogP contribution in [0.15, 0.2) is 12.1 Å². The Kier molecular flexibility index (Phi) is 4.23. The fourth-order valence-corrected chi connectivity index (χ4v) is 3.51. The molecule has 6 nitrogen and oxygen atoms in total. The predicted octanol–water partition coefficient (Wildman–Crippen LogP) is 2.43. The number of carbonyl (C=O) groups excluding carboxylic acids is 1. The van der Waals surface area contributed by atoms with Gasteiger partial charge in [-0.15, -0.1) is 5.10 Å². The minimum Gasteiger partial charge on any atom is -0.444 e. The zero-order valence-electron chi connectivity index (χ0n) is 14.0. The van der Waals surface area contributed by atoms with E-state index in [0.717, 1.165) is 25.3 Å². The smallest absolute Gasteiger partial charge is 0.410 e. The number of piperidine rings is 1. The molecule has 0 bridgehead atoms. The van der Waals surface area contributed by atoms with E-state index in [1.54, 1.807) is 6.07 Å². The van der Waals surface area contributed by atoms with Gasteiger partial charge >= 0.3 is 6.09 Å². The summed E-state index contributed by atoms with van der Waals surface area (Å²) in [6.07, 6.45) is -0.199. The van der Waals surface area contributed by atoms with Crippen molar-refractivity contribution in [2.24, 2.45) is 11.8 Å². The van der Waals surface area contributed by atoms with Crippen molar-refractivity contribution >= 4 is 17.7 Å². The Morgan fingerprint density at radius 2 is 2.00 bits per heavy atom. The zero-order valence-corrected chi connectivity index (χ0v) is 14.7. The Morgan fingerprint density at radius 3 is 2.52 bits per heavy atom. The first-order chi connectivity index (χ1) is 10.7. The van der Waals surface area contributed by atoms with Crippen LogP contribution in [-0.4, -0.2) is 57.9 Å². The van der Waals surface area contributed by atoms with Gasteiger partial charge in [0.2, 0.25) is 0 Å². The minimum atomic E-state index is -0.437. The van der Waals surface area contributed by atoms with Crippen molar-refractivity contribution in [1.29, 1.82) is 0 Å². The molecule has 1 aromatic rings. The molecule has 0 aromatic carbocycles. The number of hydrogen-bond acceptors (Lipinski definition) is 5. The third kappa shape index (κ3) is 3.75. The molecule has 1 saturated heterocycles. The molecular weight excluding hydrogens is 316 g/mol. The average molecular weight is 339 g/mol. The van der Waals surface area contributed by atoms with Gasteiger partial charge in [0.1, 0.15) is 5.60 Å². The van der Waals surface area contributed by atoms with Crippen molar-refractivity contribution in [3.8, 4) is 0 Å². The monoisotopic (exact) mass is 338 g/mol. The second-order valence-corrected chi connectivity index (χ2v) is 7.85. The number of aromatic nitrogens is 2. The Labute approximate surface area is 141 Å². The molecule has 1 saturated carbocycles. The summed E-state index contributed by atoms with van der Waals surface area (Å²) >= 11 is 5.76. The van der Waals surface area contributed by atoms with Crippen LogP contribution in [0.25, 0.3) is 0 Å². The van der Waals surface area contributed by atoms with Gasteiger partial charge in [0.25, 0.3) is 0 Å². The van der Waals surface area contributed by atoms with Crippen molar-refractivity contribution in [2.45, 2.75) is 39.0 Å². The number of rotatable bonds is 3. The third-order valence-corrected chi connectivity index (χ3v) is 4.61. The summed E-state index contributed by atoms with van der Waals surface area (Å²) in [5.41, 5.74) is 0.471. The second kappa shape index (κ2) is 5.91. The number of likely N-dealkylation sites (tertiary alicyclic amines) is 1. The fraction of sp³-hybridized carbons (Fsp3) is 0.688. The first-order valence-corrected chi connectivity index (χ1v) is 8.28. The highest BCUT2D eigenvalue weighted by Crippen LogP contribution is 2.49. The minimum absolute atomic E-state index is 0.199. The van der Waals surface area contributed by atoms with Crippen molar-refractivity contribution in [3.63, 3.8) is 0 Å². The zero-order chi connectivity index (χ0) is 16.8. The van der Waals surface area contributed by atoms with E-state index in [1.165, 1.54) is 0 Å². The number of halogens is 1. The van der Waals surface area contributed by atoms with Gasteiger partial charge in [-0.2, -0.15) is 5.10 Å². The van der Waals surface area contributed by atoms with E-state index in [4.69, 9.17) is 16.3 Å². The second-order valence-electron chi connectivity index (χ2n) is 7.47. The highest BCUT2D eigenvalue weighted by atomic mass is 35.5. The van der Waals surface area contributed by atoms with Gasteiger partial charge in [0.05, 0.1) is 5.69 Å². The lowest BCUT2D eigenvalue weighted by Crippen LogP contribution is -2.39. The highest BCUT2D eigenvalue weighted by Gasteiger charge is 2.58. The molecule has 23 heavy (non-hydrogen) atoms.